The van der Waals surface area contributed by atoms with Crippen LogP contribution >= 0.6 is 0 Å². The number of ether oxygens (including phenoxy) is 1. The highest BCUT2D eigenvalue weighted by Gasteiger charge is 2.57. The fraction of sp³-hybridized carbons (Fsp3) is 0.867. The summed E-state index contributed by atoms with van der Waals surface area (Å²) in [6, 6.07) is -0.306. The summed E-state index contributed by atoms with van der Waals surface area (Å²) in [6.45, 7) is 7.13. The van der Waals surface area contributed by atoms with Crippen molar-refractivity contribution in [2.24, 2.45) is 11.8 Å². The summed E-state index contributed by atoms with van der Waals surface area (Å²) in [5.74, 6) is 0.509. The first-order valence-electron chi connectivity index (χ1n) is 7.67. The molecule has 1 saturated carbocycles. The number of nitrogens with zero attached hydrogens (tertiary/aromatic N) is 1. The molecule has 0 aromatic rings. The molecule has 20 heavy (non-hydrogen) atoms. The molecular formula is C15H24N2O3. The Balaban J connectivity index is 1.94. The van der Waals surface area contributed by atoms with Gasteiger partial charge in [0, 0.05) is 6.61 Å². The van der Waals surface area contributed by atoms with Crippen LogP contribution in [0.15, 0.2) is 0 Å². The van der Waals surface area contributed by atoms with Gasteiger partial charge in [-0.2, -0.15) is 0 Å². The SMILES string of the molecule is CC(C)C1C(=O)NC(C)(C2CC2)C(=O)N1C1CCOC1. The molecule has 0 aromatic heterocycles. The van der Waals surface area contributed by atoms with Gasteiger partial charge in [0.15, 0.2) is 0 Å². The maximum atomic E-state index is 13.0. The minimum Gasteiger partial charge on any atom is -0.379 e. The molecule has 3 aliphatic rings. The average Bonchev–Trinajstić information content (AvgIpc) is 3.10. The molecule has 0 aromatic carbocycles. The maximum absolute atomic E-state index is 13.0. The van der Waals surface area contributed by atoms with Gasteiger partial charge >= 0.3 is 0 Å². The summed E-state index contributed by atoms with van der Waals surface area (Å²) in [5.41, 5.74) is -0.703. The van der Waals surface area contributed by atoms with Crippen molar-refractivity contribution in [1.82, 2.24) is 10.2 Å². The van der Waals surface area contributed by atoms with Crippen molar-refractivity contribution in [1.29, 1.82) is 0 Å². The van der Waals surface area contributed by atoms with Gasteiger partial charge < -0.3 is 15.0 Å². The lowest BCUT2D eigenvalue weighted by Gasteiger charge is -2.48. The number of carbonyl (C=O) groups excluding carboxylic acids is 2. The van der Waals surface area contributed by atoms with Gasteiger partial charge in [-0.05, 0) is 38.0 Å². The first kappa shape index (κ1) is 13.9. The van der Waals surface area contributed by atoms with Crippen LogP contribution in [0.3, 0.4) is 0 Å². The fourth-order valence-corrected chi connectivity index (χ4v) is 3.60. The van der Waals surface area contributed by atoms with E-state index in [4.69, 9.17) is 4.74 Å². The summed E-state index contributed by atoms with van der Waals surface area (Å²) in [6.07, 6.45) is 2.90. The zero-order valence-electron chi connectivity index (χ0n) is 12.5. The van der Waals surface area contributed by atoms with Crippen LogP contribution < -0.4 is 5.32 Å². The van der Waals surface area contributed by atoms with E-state index >= 15 is 0 Å². The van der Waals surface area contributed by atoms with Crippen LogP contribution in [0.4, 0.5) is 0 Å². The Kier molecular flexibility index (Phi) is 3.27. The summed E-state index contributed by atoms with van der Waals surface area (Å²) in [7, 11) is 0. The molecule has 1 N–H and O–H groups in total. The molecule has 112 valence electrons. The number of carbonyl (C=O) groups is 2. The molecule has 1 aliphatic carbocycles. The topological polar surface area (TPSA) is 58.6 Å². The summed E-state index contributed by atoms with van der Waals surface area (Å²) in [5, 5.41) is 3.02. The van der Waals surface area contributed by atoms with Crippen LogP contribution in [0.2, 0.25) is 0 Å². The zero-order chi connectivity index (χ0) is 14.5. The number of nitrogens with one attached hydrogen (secondary N) is 1. The van der Waals surface area contributed by atoms with Crippen molar-refractivity contribution in [2.45, 2.75) is 57.7 Å². The number of piperazine rings is 1. The van der Waals surface area contributed by atoms with E-state index in [1.807, 2.05) is 25.7 Å². The van der Waals surface area contributed by atoms with Gasteiger partial charge in [0.05, 0.1) is 12.6 Å². The van der Waals surface area contributed by atoms with E-state index in [1.165, 1.54) is 0 Å². The second-order valence-electron chi connectivity index (χ2n) is 6.88. The minimum absolute atomic E-state index is 0.000833. The van der Waals surface area contributed by atoms with Crippen LogP contribution in [0.1, 0.15) is 40.0 Å². The lowest BCUT2D eigenvalue weighted by Crippen LogP contribution is -2.73. The van der Waals surface area contributed by atoms with Crippen LogP contribution in [-0.2, 0) is 14.3 Å². The van der Waals surface area contributed by atoms with Crippen molar-refractivity contribution in [3.8, 4) is 0 Å². The van der Waals surface area contributed by atoms with Gasteiger partial charge in [0.25, 0.3) is 0 Å². The molecule has 3 rings (SSSR count). The molecule has 5 heteroatoms. The van der Waals surface area contributed by atoms with Crippen LogP contribution in [0, 0.1) is 11.8 Å². The Bertz CT molecular complexity index is 427. The highest BCUT2D eigenvalue weighted by molar-refractivity contribution is 6.00. The molecule has 3 unspecified atom stereocenters. The molecule has 2 amide bonds. The summed E-state index contributed by atoms with van der Waals surface area (Å²) >= 11 is 0. The Labute approximate surface area is 120 Å². The van der Waals surface area contributed by atoms with Crippen LogP contribution in [0.5, 0.6) is 0 Å². The Morgan fingerprint density at radius 2 is 2.00 bits per heavy atom. The van der Waals surface area contributed by atoms with Gasteiger partial charge in [-0.1, -0.05) is 13.8 Å². The molecular weight excluding hydrogens is 256 g/mol. The first-order chi connectivity index (χ1) is 9.45. The van der Waals surface area contributed by atoms with E-state index in [0.29, 0.717) is 19.1 Å². The number of amides is 2. The van der Waals surface area contributed by atoms with E-state index in [2.05, 4.69) is 5.32 Å². The minimum atomic E-state index is -0.703. The smallest absolute Gasteiger partial charge is 0.249 e. The Morgan fingerprint density at radius 3 is 2.50 bits per heavy atom. The van der Waals surface area contributed by atoms with Crippen molar-refractivity contribution < 1.29 is 14.3 Å². The third-order valence-electron chi connectivity index (χ3n) is 4.95. The van der Waals surface area contributed by atoms with Gasteiger partial charge in [0.2, 0.25) is 11.8 Å². The number of hydrogen-bond acceptors (Lipinski definition) is 3. The summed E-state index contributed by atoms with van der Waals surface area (Å²) < 4.78 is 5.44. The zero-order valence-corrected chi connectivity index (χ0v) is 12.5. The fourth-order valence-electron chi connectivity index (χ4n) is 3.60. The van der Waals surface area contributed by atoms with E-state index < -0.39 is 5.54 Å². The molecule has 0 spiro atoms. The lowest BCUT2D eigenvalue weighted by atomic mass is 9.85. The largest absolute Gasteiger partial charge is 0.379 e. The molecule has 2 saturated heterocycles. The monoisotopic (exact) mass is 280 g/mol. The molecule has 3 fully saturated rings. The number of hydrogen-bond donors (Lipinski definition) is 1. The highest BCUT2D eigenvalue weighted by Crippen LogP contribution is 2.43. The number of rotatable bonds is 3. The van der Waals surface area contributed by atoms with Gasteiger partial charge in [-0.3, -0.25) is 9.59 Å². The van der Waals surface area contributed by atoms with E-state index in [1.54, 1.807) is 0 Å². The highest BCUT2D eigenvalue weighted by atomic mass is 16.5. The second kappa shape index (κ2) is 4.72. The third-order valence-corrected chi connectivity index (χ3v) is 4.95. The first-order valence-corrected chi connectivity index (χ1v) is 7.67. The molecule has 0 radical (unpaired) electrons. The third kappa shape index (κ3) is 2.03. The van der Waals surface area contributed by atoms with Crippen LogP contribution in [0.25, 0.3) is 0 Å². The van der Waals surface area contributed by atoms with Crippen molar-refractivity contribution in [3.63, 3.8) is 0 Å². The van der Waals surface area contributed by atoms with E-state index in [0.717, 1.165) is 19.3 Å². The van der Waals surface area contributed by atoms with Gasteiger partial charge in [0.1, 0.15) is 11.6 Å². The average molecular weight is 280 g/mol. The predicted molar refractivity (Wildman–Crippen MR) is 74.0 cm³/mol. The normalized spacial score (nSPS) is 38.5. The van der Waals surface area contributed by atoms with E-state index in [-0.39, 0.29) is 29.8 Å². The maximum Gasteiger partial charge on any atom is 0.249 e. The van der Waals surface area contributed by atoms with Gasteiger partial charge in [-0.25, -0.2) is 0 Å². The molecule has 2 aliphatic heterocycles. The molecule has 0 bridgehead atoms. The molecule has 5 nitrogen and oxygen atoms in total. The van der Waals surface area contributed by atoms with Crippen LogP contribution in [-0.4, -0.2) is 47.6 Å². The molecule has 2 heterocycles. The lowest BCUT2D eigenvalue weighted by molar-refractivity contribution is -0.160. The van der Waals surface area contributed by atoms with Gasteiger partial charge in [-0.15, -0.1) is 0 Å². The van der Waals surface area contributed by atoms with Crippen molar-refractivity contribution in [2.75, 3.05) is 13.2 Å². The quantitative estimate of drug-likeness (QED) is 0.836. The van der Waals surface area contributed by atoms with Crippen molar-refractivity contribution >= 4 is 11.8 Å². The Hall–Kier alpha value is -1.10. The summed E-state index contributed by atoms with van der Waals surface area (Å²) in [4.78, 5) is 27.4. The van der Waals surface area contributed by atoms with E-state index in [9.17, 15) is 9.59 Å². The second-order valence-corrected chi connectivity index (χ2v) is 6.88. The van der Waals surface area contributed by atoms with Crippen molar-refractivity contribution in [3.05, 3.63) is 0 Å². The Morgan fingerprint density at radius 1 is 1.30 bits per heavy atom. The molecule has 3 atom stereocenters. The predicted octanol–water partition coefficient (Wildman–Crippen LogP) is 0.927. The standard InChI is InChI=1S/C15H24N2O3/c1-9(2)12-13(18)16-15(3,10-4-5-10)14(19)17(12)11-6-7-20-8-11/h9-12H,4-8H2,1-3H3,(H,16,18).